The van der Waals surface area contributed by atoms with Gasteiger partial charge in [0, 0.05) is 42.4 Å². The van der Waals surface area contributed by atoms with E-state index in [4.69, 9.17) is 4.98 Å². The number of rotatable bonds is 15. The largest absolute Gasteiger partial charge is 0.352 e. The summed E-state index contributed by atoms with van der Waals surface area (Å²) >= 11 is 0. The molecule has 62 heavy (non-hydrogen) atoms. The predicted molar refractivity (Wildman–Crippen MR) is 221 cm³/mol. The number of benzene rings is 2. The van der Waals surface area contributed by atoms with E-state index >= 15 is 17.6 Å². The summed E-state index contributed by atoms with van der Waals surface area (Å²) in [6, 6.07) is 1.61. The number of nitrogens with one attached hydrogen (secondary N) is 5. The van der Waals surface area contributed by atoms with Gasteiger partial charge < -0.3 is 40.6 Å². The molecule has 19 heteroatoms. The van der Waals surface area contributed by atoms with E-state index in [9.17, 15) is 28.0 Å². The fourth-order valence-electron chi connectivity index (χ4n) is 8.42. The van der Waals surface area contributed by atoms with E-state index in [0.29, 0.717) is 16.5 Å². The van der Waals surface area contributed by atoms with Gasteiger partial charge in [0.1, 0.15) is 23.7 Å². The van der Waals surface area contributed by atoms with Gasteiger partial charge in [-0.25, -0.2) is 31.3 Å². The molecule has 4 amide bonds. The summed E-state index contributed by atoms with van der Waals surface area (Å²) in [6.07, 6.45) is -1.71. The third kappa shape index (κ3) is 9.57. The Morgan fingerprint density at radius 2 is 1.26 bits per heavy atom. The van der Waals surface area contributed by atoms with Crippen LogP contribution in [0.4, 0.5) is 26.3 Å². The number of imidazole rings is 1. The smallest absolute Gasteiger partial charge is 0.267 e. The van der Waals surface area contributed by atoms with Crippen LogP contribution in [-0.2, 0) is 32.1 Å². The maximum Gasteiger partial charge on any atom is 0.267 e. The van der Waals surface area contributed by atoms with E-state index in [1.807, 2.05) is 0 Å². The first-order valence-corrected chi connectivity index (χ1v) is 20.8. The first-order chi connectivity index (χ1) is 29.0. The van der Waals surface area contributed by atoms with Gasteiger partial charge in [-0.2, -0.15) is 0 Å². The number of likely N-dealkylation sites (tertiary alicyclic amines) is 2. The molecule has 13 nitrogen and oxygen atoms in total. The summed E-state index contributed by atoms with van der Waals surface area (Å²) in [5, 5.41) is 11.4. The van der Waals surface area contributed by atoms with E-state index in [2.05, 4.69) is 26.3 Å². The molecule has 0 spiro atoms. The number of likely N-dealkylation sites (N-methyl/N-ethyl adjacent to an activating group) is 2. The van der Waals surface area contributed by atoms with Crippen molar-refractivity contribution in [3.05, 3.63) is 53.6 Å². The van der Waals surface area contributed by atoms with Crippen molar-refractivity contribution in [2.75, 3.05) is 27.2 Å². The number of hydrogen-bond donors (Lipinski definition) is 5. The number of carbonyl (C=O) groups excluding carboxylic acids is 4. The molecular formula is C43H55F6N9O4. The van der Waals surface area contributed by atoms with E-state index < -0.39 is 121 Å². The van der Waals surface area contributed by atoms with Crippen LogP contribution in [0, 0.1) is 23.5 Å². The van der Waals surface area contributed by atoms with Crippen LogP contribution in [0.25, 0.3) is 33.5 Å². The number of halogens is 6. The molecule has 4 aromatic rings. The Bertz CT molecular complexity index is 2170. The summed E-state index contributed by atoms with van der Waals surface area (Å²) in [4.78, 5) is 64.1. The Balaban J connectivity index is 1.44. The number of carbonyl (C=O) groups is 4. The Hall–Kier alpha value is -5.17. The molecule has 6 unspecified atom stereocenters. The lowest BCUT2D eigenvalue weighted by Crippen LogP contribution is -2.56. The van der Waals surface area contributed by atoms with Gasteiger partial charge in [-0.05, 0) is 82.1 Å². The minimum Gasteiger partial charge on any atom is -0.352 e. The molecule has 2 aromatic heterocycles. The second-order valence-corrected chi connectivity index (χ2v) is 17.4. The second kappa shape index (κ2) is 17.9. The van der Waals surface area contributed by atoms with Crippen molar-refractivity contribution in [1.29, 1.82) is 0 Å². The zero-order valence-corrected chi connectivity index (χ0v) is 36.0. The zero-order valence-electron chi connectivity index (χ0n) is 36.0. The van der Waals surface area contributed by atoms with Gasteiger partial charge in [0.2, 0.25) is 23.6 Å². The molecule has 338 valence electrons. The fraction of sp³-hybridized carbons (Fsp3) is 0.558. The molecule has 0 aliphatic carbocycles. The van der Waals surface area contributed by atoms with Crippen LogP contribution in [0.3, 0.4) is 0 Å². The van der Waals surface area contributed by atoms with Gasteiger partial charge in [-0.15, -0.1) is 0 Å². The van der Waals surface area contributed by atoms with Crippen molar-refractivity contribution < 1.29 is 45.5 Å². The van der Waals surface area contributed by atoms with Gasteiger partial charge >= 0.3 is 0 Å². The highest BCUT2D eigenvalue weighted by Crippen LogP contribution is 2.41. The minimum absolute atomic E-state index is 0.0624. The van der Waals surface area contributed by atoms with Crippen molar-refractivity contribution in [2.24, 2.45) is 11.8 Å². The summed E-state index contributed by atoms with van der Waals surface area (Å²) in [6.45, 7) is 7.78. The normalized spacial score (nSPS) is 20.6. The quantitative estimate of drug-likeness (QED) is 0.106. The molecule has 2 fully saturated rings. The highest BCUT2D eigenvalue weighted by atomic mass is 19.3. The summed E-state index contributed by atoms with van der Waals surface area (Å²) in [5.41, 5.74) is 1.18. The number of H-pyrrole nitrogens is 1. The maximum atomic E-state index is 15.5. The van der Waals surface area contributed by atoms with Crippen molar-refractivity contribution in [3.63, 3.8) is 0 Å². The molecule has 0 saturated carbocycles. The Kier molecular flexibility index (Phi) is 13.4. The van der Waals surface area contributed by atoms with Gasteiger partial charge in [-0.1, -0.05) is 27.7 Å². The first kappa shape index (κ1) is 46.3. The summed E-state index contributed by atoms with van der Waals surface area (Å²) in [7, 11) is 3.13. The van der Waals surface area contributed by atoms with Crippen LogP contribution in [0.5, 0.6) is 0 Å². The molecule has 5 N–H and O–H groups in total. The van der Waals surface area contributed by atoms with Crippen LogP contribution < -0.4 is 21.3 Å². The highest BCUT2D eigenvalue weighted by molar-refractivity contribution is 5.93. The molecule has 0 radical (unpaired) electrons. The van der Waals surface area contributed by atoms with Crippen molar-refractivity contribution in [3.8, 4) is 11.5 Å². The molecule has 2 saturated heterocycles. The molecule has 4 heterocycles. The van der Waals surface area contributed by atoms with E-state index in [0.717, 1.165) is 21.9 Å². The van der Waals surface area contributed by atoms with Crippen molar-refractivity contribution in [2.45, 2.75) is 115 Å². The lowest BCUT2D eigenvalue weighted by atomic mass is 9.97. The molecular weight excluding hydrogens is 821 g/mol. The molecule has 6 rings (SSSR count). The van der Waals surface area contributed by atoms with E-state index in [1.165, 1.54) is 28.8 Å². The van der Waals surface area contributed by atoms with Crippen LogP contribution in [-0.4, -0.2) is 123 Å². The van der Waals surface area contributed by atoms with Gasteiger partial charge in [0.25, 0.3) is 11.8 Å². The van der Waals surface area contributed by atoms with Crippen molar-refractivity contribution >= 4 is 45.6 Å². The number of nitrogens with zero attached hydrogens (tertiary/aromatic N) is 4. The molecule has 0 bridgehead atoms. The maximum absolute atomic E-state index is 15.5. The number of aromatic nitrogens is 3. The number of aromatic amines is 1. The molecule has 6 atom stereocenters. The number of amides is 4. The van der Waals surface area contributed by atoms with Crippen LogP contribution >= 0.6 is 0 Å². The summed E-state index contributed by atoms with van der Waals surface area (Å²) < 4.78 is 93.1. The zero-order chi connectivity index (χ0) is 45.6. The van der Waals surface area contributed by atoms with Gasteiger partial charge in [-0.3, -0.25) is 19.2 Å². The lowest BCUT2D eigenvalue weighted by molar-refractivity contribution is -0.140. The van der Waals surface area contributed by atoms with Crippen LogP contribution in [0.1, 0.15) is 59.9 Å². The lowest BCUT2D eigenvalue weighted by Gasteiger charge is -2.32. The summed E-state index contributed by atoms with van der Waals surface area (Å²) in [5.74, 6) is -11.2. The third-order valence-electron chi connectivity index (χ3n) is 12.1. The first-order valence-electron chi connectivity index (χ1n) is 20.8. The van der Waals surface area contributed by atoms with Crippen molar-refractivity contribution in [1.82, 2.24) is 45.6 Å². The monoisotopic (exact) mass is 875 g/mol. The molecule has 2 aliphatic heterocycles. The minimum atomic E-state index is -3.32. The average molecular weight is 876 g/mol. The standard InChI is InChI=1S/C43H55F6N9O4/c1-21(2)34(54-38(59)23(5)50-7)40(61)57-19-42(46,47)16-27(57)15-30-29-11-9-25(44)13-31(29)52-36(30)37-53-32-14-26(45)10-12-33(32)56(37)18-28-17-43(48,49)20-58(28)41(62)35(22(3)4)55-39(60)24(6)51-8/h9-14,21-24,27-28,34-35,50-52H,15-20H2,1-8H3,(H,54,59)(H,55,60). The van der Waals surface area contributed by atoms with Gasteiger partial charge in [0.05, 0.1) is 47.9 Å². The Labute approximate surface area is 355 Å². The fourth-order valence-corrected chi connectivity index (χ4v) is 8.42. The second-order valence-electron chi connectivity index (χ2n) is 17.4. The Morgan fingerprint density at radius 3 is 1.79 bits per heavy atom. The topological polar surface area (TPSA) is 156 Å². The van der Waals surface area contributed by atoms with E-state index in [1.54, 1.807) is 55.6 Å². The van der Waals surface area contributed by atoms with Crippen LogP contribution in [0.15, 0.2) is 36.4 Å². The number of fused-ring (bicyclic) bond motifs is 2. The predicted octanol–water partition coefficient (Wildman–Crippen LogP) is 4.98. The molecule has 2 aliphatic rings. The Morgan fingerprint density at radius 1 is 0.758 bits per heavy atom. The van der Waals surface area contributed by atoms with Gasteiger partial charge in [0.15, 0.2) is 5.82 Å². The van der Waals surface area contributed by atoms with Crippen LogP contribution in [0.2, 0.25) is 0 Å². The number of alkyl halides is 4. The number of hydrogen-bond acceptors (Lipinski definition) is 7. The molecule has 2 aromatic carbocycles. The third-order valence-corrected chi connectivity index (χ3v) is 12.1. The average Bonchev–Trinajstić information content (AvgIpc) is 3.92. The highest BCUT2D eigenvalue weighted by Gasteiger charge is 2.51. The SMILES string of the molecule is CNC(C)C(=O)NC(C(=O)N1CC(F)(F)CC1Cc1c(-c2nc3cc(F)ccc3n2CC2CC(F)(F)CN2C(=O)C(NC(=O)C(C)NC)C(C)C)[nH]c2cc(F)ccc12)C(C)C. The van der Waals surface area contributed by atoms with E-state index in [-0.39, 0.29) is 35.5 Å².